The van der Waals surface area contributed by atoms with Gasteiger partial charge in [0.1, 0.15) is 5.82 Å². The van der Waals surface area contributed by atoms with Crippen molar-refractivity contribution in [2.75, 3.05) is 17.1 Å². The molecule has 1 fully saturated rings. The number of aliphatic hydroxyl groups excluding tert-OH is 1. The molecular weight excluding hydrogens is 426 g/mol. The highest BCUT2D eigenvalue weighted by Crippen LogP contribution is 2.34. The van der Waals surface area contributed by atoms with Crippen LogP contribution in [0.1, 0.15) is 25.7 Å². The van der Waals surface area contributed by atoms with Gasteiger partial charge in [-0.2, -0.15) is 0 Å². The summed E-state index contributed by atoms with van der Waals surface area (Å²) < 4.78 is 57.7. The summed E-state index contributed by atoms with van der Waals surface area (Å²) in [5.41, 5.74) is 5.65. The zero-order valence-electron chi connectivity index (χ0n) is 16.6. The summed E-state index contributed by atoms with van der Waals surface area (Å²) in [5, 5.41) is 9.08. The number of anilines is 2. The Bertz CT molecular complexity index is 1230. The van der Waals surface area contributed by atoms with Crippen molar-refractivity contribution < 1.29 is 22.3 Å². The molecule has 3 aromatic rings. The normalized spacial score (nSPS) is 19.5. The van der Waals surface area contributed by atoms with Crippen molar-refractivity contribution in [3.8, 4) is 11.1 Å². The molecule has 1 aliphatic rings. The van der Waals surface area contributed by atoms with Gasteiger partial charge in [0.2, 0.25) is 16.0 Å². The third kappa shape index (κ3) is 4.31. The first kappa shape index (κ1) is 21.4. The van der Waals surface area contributed by atoms with Crippen LogP contribution in [-0.2, 0) is 10.0 Å². The average Bonchev–Trinajstić information content (AvgIpc) is 2.76. The molecule has 0 radical (unpaired) electrons. The van der Waals surface area contributed by atoms with E-state index in [9.17, 15) is 17.9 Å². The quantitative estimate of drug-likeness (QED) is 0.550. The summed E-state index contributed by atoms with van der Waals surface area (Å²) >= 11 is 0. The number of sulfonamides is 1. The van der Waals surface area contributed by atoms with Crippen molar-refractivity contribution in [3.63, 3.8) is 0 Å². The maximum Gasteiger partial charge on any atom is 0.235 e. The molecule has 0 aliphatic heterocycles. The molecule has 1 saturated carbocycles. The van der Waals surface area contributed by atoms with E-state index in [1.54, 1.807) is 6.07 Å². The van der Waals surface area contributed by atoms with Crippen molar-refractivity contribution >= 4 is 32.6 Å². The topological polar surface area (TPSA) is 118 Å². The van der Waals surface area contributed by atoms with Crippen molar-refractivity contribution in [1.29, 1.82) is 0 Å². The maximum absolute atomic E-state index is 15.2. The number of hydrogen-bond acceptors (Lipinski definition) is 6. The number of fused-ring (bicyclic) bond motifs is 1. The number of halogens is 2. The van der Waals surface area contributed by atoms with Gasteiger partial charge in [0, 0.05) is 18.2 Å². The highest BCUT2D eigenvalue weighted by atomic mass is 32.2. The van der Waals surface area contributed by atoms with Gasteiger partial charge in [-0.3, -0.25) is 4.72 Å². The van der Waals surface area contributed by atoms with Gasteiger partial charge in [-0.05, 0) is 61.4 Å². The van der Waals surface area contributed by atoms with Crippen LogP contribution in [-0.4, -0.2) is 35.3 Å². The Morgan fingerprint density at radius 1 is 1.13 bits per heavy atom. The van der Waals surface area contributed by atoms with E-state index in [2.05, 4.69) is 14.7 Å². The summed E-state index contributed by atoms with van der Waals surface area (Å²) in [6.07, 6.45) is 3.38. The number of nitrogens with two attached hydrogens (primary N) is 1. The second-order valence-electron chi connectivity index (χ2n) is 7.76. The van der Waals surface area contributed by atoms with Gasteiger partial charge >= 0.3 is 0 Å². The number of aliphatic hydroxyl groups is 1. The Hall–Kier alpha value is -2.85. The SMILES string of the molecule is Nc1ncc2cc(-c3c(F)ccc(NS(=O)(=O)C4CCC(CO)CC4)c3F)ccc2n1. The molecule has 1 aromatic heterocycles. The van der Waals surface area contributed by atoms with E-state index in [1.807, 2.05) is 0 Å². The molecule has 0 atom stereocenters. The highest BCUT2D eigenvalue weighted by Gasteiger charge is 2.31. The second kappa shape index (κ2) is 8.35. The van der Waals surface area contributed by atoms with Crippen molar-refractivity contribution in [2.45, 2.75) is 30.9 Å². The lowest BCUT2D eigenvalue weighted by Crippen LogP contribution is -2.32. The van der Waals surface area contributed by atoms with Crippen LogP contribution in [0, 0.1) is 17.6 Å². The summed E-state index contributed by atoms with van der Waals surface area (Å²) in [4.78, 5) is 7.94. The Morgan fingerprint density at radius 2 is 1.87 bits per heavy atom. The van der Waals surface area contributed by atoms with Crippen LogP contribution < -0.4 is 10.5 Å². The van der Waals surface area contributed by atoms with Crippen LogP contribution in [0.5, 0.6) is 0 Å². The molecular formula is C21H22F2N4O3S. The second-order valence-corrected chi connectivity index (χ2v) is 9.72. The Balaban J connectivity index is 1.66. The van der Waals surface area contributed by atoms with Crippen LogP contribution in [0.15, 0.2) is 36.5 Å². The predicted molar refractivity (Wildman–Crippen MR) is 115 cm³/mol. The summed E-state index contributed by atoms with van der Waals surface area (Å²) in [7, 11) is -3.87. The molecule has 31 heavy (non-hydrogen) atoms. The van der Waals surface area contributed by atoms with E-state index in [0.717, 1.165) is 12.1 Å². The summed E-state index contributed by atoms with van der Waals surface area (Å²) in [5.74, 6) is -1.64. The largest absolute Gasteiger partial charge is 0.396 e. The van der Waals surface area contributed by atoms with Crippen molar-refractivity contribution in [2.24, 2.45) is 5.92 Å². The van der Waals surface area contributed by atoms with E-state index in [-0.39, 0.29) is 35.3 Å². The van der Waals surface area contributed by atoms with Crippen LogP contribution in [0.25, 0.3) is 22.0 Å². The van der Waals surface area contributed by atoms with Crippen molar-refractivity contribution in [3.05, 3.63) is 48.2 Å². The zero-order chi connectivity index (χ0) is 22.2. The average molecular weight is 448 g/mol. The fraction of sp³-hybridized carbons (Fsp3) is 0.333. The van der Waals surface area contributed by atoms with Gasteiger partial charge in [-0.15, -0.1) is 0 Å². The minimum Gasteiger partial charge on any atom is -0.396 e. The van der Waals surface area contributed by atoms with E-state index in [0.29, 0.717) is 36.6 Å². The fourth-order valence-electron chi connectivity index (χ4n) is 3.96. The molecule has 1 heterocycles. The van der Waals surface area contributed by atoms with Crippen molar-refractivity contribution in [1.82, 2.24) is 9.97 Å². The number of benzene rings is 2. The molecule has 0 bridgehead atoms. The molecule has 0 unspecified atom stereocenters. The van der Waals surface area contributed by atoms with Gasteiger partial charge in [0.05, 0.1) is 22.0 Å². The zero-order valence-corrected chi connectivity index (χ0v) is 17.4. The van der Waals surface area contributed by atoms with E-state index in [1.165, 1.54) is 18.3 Å². The Morgan fingerprint density at radius 3 is 2.58 bits per heavy atom. The number of nitrogens with one attached hydrogen (secondary N) is 1. The Kier molecular flexibility index (Phi) is 5.76. The Labute approximate surface area is 178 Å². The molecule has 1 aliphatic carbocycles. The van der Waals surface area contributed by atoms with Gasteiger partial charge in [-0.1, -0.05) is 6.07 Å². The van der Waals surface area contributed by atoms with E-state index < -0.39 is 26.9 Å². The van der Waals surface area contributed by atoms with Gasteiger partial charge in [0.15, 0.2) is 5.82 Å². The van der Waals surface area contributed by atoms with Crippen LogP contribution in [0.3, 0.4) is 0 Å². The molecule has 4 rings (SSSR count). The van der Waals surface area contributed by atoms with Crippen LogP contribution in [0.2, 0.25) is 0 Å². The predicted octanol–water partition coefficient (Wildman–Crippen LogP) is 3.45. The third-order valence-corrected chi connectivity index (χ3v) is 7.57. The molecule has 0 spiro atoms. The van der Waals surface area contributed by atoms with Crippen LogP contribution >= 0.6 is 0 Å². The van der Waals surface area contributed by atoms with E-state index >= 15 is 4.39 Å². The first-order valence-corrected chi connectivity index (χ1v) is 11.5. The minimum atomic E-state index is -3.87. The lowest BCUT2D eigenvalue weighted by Gasteiger charge is -2.27. The number of nitrogens with zero attached hydrogens (tertiary/aromatic N) is 2. The number of rotatable bonds is 5. The van der Waals surface area contributed by atoms with Gasteiger partial charge < -0.3 is 10.8 Å². The molecule has 7 nitrogen and oxygen atoms in total. The molecule has 0 amide bonds. The van der Waals surface area contributed by atoms with Gasteiger partial charge in [0.25, 0.3) is 0 Å². The monoisotopic (exact) mass is 448 g/mol. The smallest absolute Gasteiger partial charge is 0.235 e. The number of hydrogen-bond donors (Lipinski definition) is 3. The van der Waals surface area contributed by atoms with Crippen LogP contribution in [0.4, 0.5) is 20.4 Å². The highest BCUT2D eigenvalue weighted by molar-refractivity contribution is 7.93. The first-order valence-electron chi connectivity index (χ1n) is 9.91. The number of aromatic nitrogens is 2. The number of nitrogen functional groups attached to an aromatic ring is 1. The molecule has 10 heteroatoms. The minimum absolute atomic E-state index is 0.0273. The third-order valence-electron chi connectivity index (χ3n) is 5.72. The summed E-state index contributed by atoms with van der Waals surface area (Å²) in [6.45, 7) is 0.0273. The lowest BCUT2D eigenvalue weighted by atomic mass is 9.90. The van der Waals surface area contributed by atoms with Gasteiger partial charge in [-0.25, -0.2) is 27.2 Å². The molecule has 4 N–H and O–H groups in total. The fourth-order valence-corrected chi connectivity index (χ4v) is 5.48. The molecule has 0 saturated heterocycles. The van der Waals surface area contributed by atoms with E-state index in [4.69, 9.17) is 5.73 Å². The molecule has 2 aromatic carbocycles. The molecule has 164 valence electrons. The lowest BCUT2D eigenvalue weighted by molar-refractivity contribution is 0.191. The maximum atomic E-state index is 15.2. The summed E-state index contributed by atoms with van der Waals surface area (Å²) in [6, 6.07) is 6.69. The first-order chi connectivity index (χ1) is 14.8. The standard InChI is InChI=1S/C21H22F2N4O3S/c22-16-6-8-18(27-31(29,30)15-4-1-12(11-28)2-5-15)20(23)19(16)13-3-7-17-14(9-13)10-25-21(24)26-17/h3,6-10,12,15,27-28H,1-2,4-5,11H2,(H2,24,25,26).